The SMILES string of the molecule is FC1=C(F)c2nc1cc1ccc(cc3[nH]c(c(F)c4nc(c2F)C(F)=C4F)c(F)c3F)[nH]1. The van der Waals surface area contributed by atoms with Gasteiger partial charge in [0.05, 0.1) is 5.52 Å². The summed E-state index contributed by atoms with van der Waals surface area (Å²) in [6.45, 7) is 0. The van der Waals surface area contributed by atoms with Crippen LogP contribution in [0.1, 0.15) is 22.8 Å². The highest BCUT2D eigenvalue weighted by atomic mass is 19.2. The van der Waals surface area contributed by atoms with Gasteiger partial charge in [-0.25, -0.2) is 45.1 Å². The molecule has 0 unspecified atom stereocenters. The molecule has 5 rings (SSSR count). The van der Waals surface area contributed by atoms with Crippen molar-refractivity contribution in [1.29, 1.82) is 0 Å². The second kappa shape index (κ2) is 6.77. The highest BCUT2D eigenvalue weighted by Crippen LogP contribution is 2.39. The van der Waals surface area contributed by atoms with E-state index in [0.29, 0.717) is 0 Å². The number of aromatic nitrogens is 4. The molecule has 0 saturated heterocycles. The van der Waals surface area contributed by atoms with Gasteiger partial charge in [-0.2, -0.15) is 0 Å². The number of rotatable bonds is 0. The lowest BCUT2D eigenvalue weighted by atomic mass is 10.2. The highest BCUT2D eigenvalue weighted by Gasteiger charge is 2.32. The van der Waals surface area contributed by atoms with Crippen LogP contribution in [0.5, 0.6) is 0 Å². The maximum absolute atomic E-state index is 14.8. The summed E-state index contributed by atoms with van der Waals surface area (Å²) in [4.78, 5) is 11.2. The Hall–Kier alpha value is -3.96. The first-order chi connectivity index (χ1) is 15.2. The molecule has 0 aliphatic carbocycles. The van der Waals surface area contributed by atoms with Gasteiger partial charge in [0.2, 0.25) is 0 Å². The summed E-state index contributed by atoms with van der Waals surface area (Å²) in [5.74, 6) is -14.6. The predicted octanol–water partition coefficient (Wildman–Crippen LogP) is 6.40. The molecule has 2 aliphatic rings. The van der Waals surface area contributed by atoms with Crippen LogP contribution in [0.15, 0.2) is 24.3 Å². The second-order valence-electron chi connectivity index (χ2n) is 6.74. The molecule has 8 bridgehead atoms. The minimum absolute atomic E-state index is 0.100. The molecule has 5 heterocycles. The Morgan fingerprint density at radius 3 is 1.78 bits per heavy atom. The van der Waals surface area contributed by atoms with E-state index in [1.807, 2.05) is 4.98 Å². The van der Waals surface area contributed by atoms with Crippen LogP contribution in [0.4, 0.5) is 35.1 Å². The fourth-order valence-electron chi connectivity index (χ4n) is 3.24. The van der Waals surface area contributed by atoms with Gasteiger partial charge in [-0.1, -0.05) is 0 Å². The Morgan fingerprint density at radius 1 is 0.531 bits per heavy atom. The highest BCUT2D eigenvalue weighted by molar-refractivity contribution is 5.89. The molecule has 0 spiro atoms. The third kappa shape index (κ3) is 2.75. The Balaban J connectivity index is 2.03. The van der Waals surface area contributed by atoms with Crippen LogP contribution in [-0.2, 0) is 0 Å². The summed E-state index contributed by atoms with van der Waals surface area (Å²) >= 11 is 0. The number of hydrogen-bond acceptors (Lipinski definition) is 2. The number of hydrogen-bond donors (Lipinski definition) is 2. The van der Waals surface area contributed by atoms with Crippen LogP contribution in [0.25, 0.3) is 45.4 Å². The summed E-state index contributed by atoms with van der Waals surface area (Å²) in [5.41, 5.74) is -6.63. The van der Waals surface area contributed by atoms with Gasteiger partial charge in [0, 0.05) is 11.0 Å². The molecule has 0 atom stereocenters. The van der Waals surface area contributed by atoms with Crippen molar-refractivity contribution in [2.45, 2.75) is 0 Å². The van der Waals surface area contributed by atoms with E-state index in [2.05, 4.69) is 15.0 Å². The van der Waals surface area contributed by atoms with Crippen LogP contribution in [0.2, 0.25) is 0 Å². The zero-order valence-corrected chi connectivity index (χ0v) is 15.2. The minimum Gasteiger partial charge on any atom is -0.355 e. The maximum Gasteiger partial charge on any atom is 0.189 e. The lowest BCUT2D eigenvalue weighted by molar-refractivity contribution is 0.523. The summed E-state index contributed by atoms with van der Waals surface area (Å²) in [6, 6.07) is 4.64. The Labute approximate surface area is 171 Å². The molecule has 0 aromatic carbocycles. The average molecular weight is 454 g/mol. The maximum atomic E-state index is 14.8. The normalized spacial score (nSPS) is 14.0. The van der Waals surface area contributed by atoms with Gasteiger partial charge in [0.1, 0.15) is 28.3 Å². The summed E-state index contributed by atoms with van der Waals surface area (Å²) in [6.07, 6.45) is 0. The molecule has 3 aromatic rings. The van der Waals surface area contributed by atoms with Crippen molar-refractivity contribution in [2.24, 2.45) is 0 Å². The standard InChI is InChI=1S/C20H6F8N4/c21-9-7-3-5-1-2-6(29-5)4-8-10(22)12(24)18(31-8)16(28)20-14(26)13(25)19(32-20)15(27)17(30-7)11(9)23/h1-4,29-30H. The molecule has 32 heavy (non-hydrogen) atoms. The number of nitrogens with zero attached hydrogens (tertiary/aromatic N) is 2. The van der Waals surface area contributed by atoms with Crippen molar-refractivity contribution in [1.82, 2.24) is 19.9 Å². The van der Waals surface area contributed by atoms with Crippen molar-refractivity contribution in [2.75, 3.05) is 0 Å². The van der Waals surface area contributed by atoms with Crippen molar-refractivity contribution in [3.8, 4) is 0 Å². The van der Waals surface area contributed by atoms with Gasteiger partial charge >= 0.3 is 0 Å². The van der Waals surface area contributed by atoms with E-state index in [4.69, 9.17) is 0 Å². The van der Waals surface area contributed by atoms with E-state index in [-0.39, 0.29) is 11.0 Å². The third-order valence-electron chi connectivity index (χ3n) is 4.76. The third-order valence-corrected chi connectivity index (χ3v) is 4.76. The summed E-state index contributed by atoms with van der Waals surface area (Å²) < 4.78 is 115. The summed E-state index contributed by atoms with van der Waals surface area (Å²) in [5, 5.41) is 0. The number of halogens is 8. The zero-order chi connectivity index (χ0) is 22.9. The first-order valence-electron chi connectivity index (χ1n) is 8.72. The first-order valence-corrected chi connectivity index (χ1v) is 8.72. The number of aromatic amines is 2. The molecule has 2 N–H and O–H groups in total. The molecule has 162 valence electrons. The molecule has 0 radical (unpaired) electrons. The Morgan fingerprint density at radius 2 is 1.09 bits per heavy atom. The number of H-pyrrole nitrogens is 2. The van der Waals surface area contributed by atoms with Gasteiger partial charge in [-0.15, -0.1) is 0 Å². The molecule has 2 aliphatic heterocycles. The van der Waals surface area contributed by atoms with E-state index in [1.54, 1.807) is 0 Å². The average Bonchev–Trinajstić information content (AvgIpc) is 3.48. The quantitative estimate of drug-likeness (QED) is 0.386. The molecule has 0 saturated carbocycles. The predicted molar refractivity (Wildman–Crippen MR) is 98.9 cm³/mol. The largest absolute Gasteiger partial charge is 0.355 e. The molecule has 0 amide bonds. The lowest BCUT2D eigenvalue weighted by Gasteiger charge is -1.93. The molecule has 4 nitrogen and oxygen atoms in total. The van der Waals surface area contributed by atoms with Crippen molar-refractivity contribution >= 4 is 45.4 Å². The minimum atomic E-state index is -2.06. The smallest absolute Gasteiger partial charge is 0.189 e. The van der Waals surface area contributed by atoms with Crippen LogP contribution in [-0.4, -0.2) is 19.9 Å². The van der Waals surface area contributed by atoms with Crippen LogP contribution >= 0.6 is 0 Å². The van der Waals surface area contributed by atoms with Gasteiger partial charge < -0.3 is 9.97 Å². The lowest BCUT2D eigenvalue weighted by Crippen LogP contribution is -1.92. The monoisotopic (exact) mass is 454 g/mol. The van der Waals surface area contributed by atoms with Crippen LogP contribution in [0, 0.1) is 23.3 Å². The van der Waals surface area contributed by atoms with E-state index in [0.717, 1.165) is 12.1 Å². The van der Waals surface area contributed by atoms with E-state index < -0.39 is 80.4 Å². The number of fused-ring (bicyclic) bond motifs is 8. The number of nitrogens with one attached hydrogen (secondary N) is 2. The fraction of sp³-hybridized carbons (Fsp3) is 0. The van der Waals surface area contributed by atoms with Crippen molar-refractivity contribution in [3.63, 3.8) is 0 Å². The second-order valence-corrected chi connectivity index (χ2v) is 6.74. The Bertz CT molecular complexity index is 1560. The molecular weight excluding hydrogens is 448 g/mol. The van der Waals surface area contributed by atoms with Crippen molar-refractivity contribution < 1.29 is 35.1 Å². The van der Waals surface area contributed by atoms with E-state index in [1.165, 1.54) is 12.1 Å². The molecule has 12 heteroatoms. The fourth-order valence-corrected chi connectivity index (χ4v) is 3.24. The Kier molecular flexibility index (Phi) is 4.23. The van der Waals surface area contributed by atoms with Gasteiger partial charge in [-0.05, 0) is 24.3 Å². The van der Waals surface area contributed by atoms with E-state index in [9.17, 15) is 35.1 Å². The topological polar surface area (TPSA) is 57.4 Å². The summed E-state index contributed by atoms with van der Waals surface area (Å²) in [7, 11) is 0. The molecular formula is C20H6F8N4. The molecule has 0 fully saturated rings. The van der Waals surface area contributed by atoms with Crippen molar-refractivity contribution in [3.05, 3.63) is 70.3 Å². The molecule has 3 aromatic heterocycles. The zero-order valence-electron chi connectivity index (χ0n) is 15.2. The van der Waals surface area contributed by atoms with Crippen LogP contribution < -0.4 is 0 Å². The van der Waals surface area contributed by atoms with Gasteiger partial charge in [0.15, 0.2) is 46.6 Å². The first kappa shape index (κ1) is 20.0. The van der Waals surface area contributed by atoms with Gasteiger partial charge in [-0.3, -0.25) is 0 Å². The van der Waals surface area contributed by atoms with Crippen LogP contribution in [0.3, 0.4) is 0 Å². The van der Waals surface area contributed by atoms with Gasteiger partial charge in [0.25, 0.3) is 0 Å². The van der Waals surface area contributed by atoms with E-state index >= 15 is 0 Å².